The van der Waals surface area contributed by atoms with Crippen LogP contribution >= 0.6 is 0 Å². The van der Waals surface area contributed by atoms with Gasteiger partial charge in [-0.15, -0.1) is 0 Å². The van der Waals surface area contributed by atoms with Crippen LogP contribution in [0.5, 0.6) is 5.75 Å². The quantitative estimate of drug-likeness (QED) is 0.698. The molecule has 0 fully saturated rings. The van der Waals surface area contributed by atoms with Gasteiger partial charge in [0.2, 0.25) is 0 Å². The Labute approximate surface area is 110 Å². The van der Waals surface area contributed by atoms with E-state index in [1.165, 1.54) is 0 Å². The molecule has 1 rings (SSSR count). The van der Waals surface area contributed by atoms with Crippen molar-refractivity contribution < 1.29 is 9.53 Å². The number of ketones is 1. The Balaban J connectivity index is 3.16. The Bertz CT molecular complexity index is 433. The first-order chi connectivity index (χ1) is 8.52. The van der Waals surface area contributed by atoms with Crippen molar-refractivity contribution in [2.75, 3.05) is 6.61 Å². The molecule has 18 heavy (non-hydrogen) atoms. The van der Waals surface area contributed by atoms with Gasteiger partial charge in [-0.25, -0.2) is 0 Å². The molecule has 0 N–H and O–H groups in total. The lowest BCUT2D eigenvalue weighted by atomic mass is 9.93. The molecule has 0 aliphatic carbocycles. The van der Waals surface area contributed by atoms with Crippen LogP contribution in [0.1, 0.15) is 60.2 Å². The van der Waals surface area contributed by atoms with E-state index in [0.29, 0.717) is 6.42 Å². The fourth-order valence-electron chi connectivity index (χ4n) is 2.19. The Hall–Kier alpha value is -1.31. The van der Waals surface area contributed by atoms with Crippen LogP contribution in [0.4, 0.5) is 0 Å². The minimum Gasteiger partial charge on any atom is -0.493 e. The molecule has 0 saturated heterocycles. The lowest BCUT2D eigenvalue weighted by Gasteiger charge is -2.16. The van der Waals surface area contributed by atoms with Crippen LogP contribution in [0.15, 0.2) is 6.07 Å². The van der Waals surface area contributed by atoms with Crippen LogP contribution in [0.25, 0.3) is 0 Å². The van der Waals surface area contributed by atoms with Crippen molar-refractivity contribution in [1.29, 1.82) is 0 Å². The molecule has 2 nitrogen and oxygen atoms in total. The molecule has 100 valence electrons. The zero-order chi connectivity index (χ0) is 13.7. The van der Waals surface area contributed by atoms with E-state index in [4.69, 9.17) is 4.74 Å². The van der Waals surface area contributed by atoms with Crippen molar-refractivity contribution in [2.45, 2.75) is 53.9 Å². The van der Waals surface area contributed by atoms with E-state index >= 15 is 0 Å². The zero-order valence-electron chi connectivity index (χ0n) is 12.2. The average Bonchev–Trinajstić information content (AvgIpc) is 2.32. The summed E-state index contributed by atoms with van der Waals surface area (Å²) in [6.07, 6.45) is 2.51. The third kappa shape index (κ3) is 3.12. The molecule has 0 amide bonds. The molecule has 0 radical (unpaired) electrons. The third-order valence-corrected chi connectivity index (χ3v) is 3.27. The van der Waals surface area contributed by atoms with Crippen LogP contribution < -0.4 is 4.74 Å². The summed E-state index contributed by atoms with van der Waals surface area (Å²) < 4.78 is 5.73. The van der Waals surface area contributed by atoms with E-state index in [1.807, 2.05) is 33.8 Å². The molecule has 2 heteroatoms. The van der Waals surface area contributed by atoms with Gasteiger partial charge in [0.05, 0.1) is 6.61 Å². The first-order valence-corrected chi connectivity index (χ1v) is 6.79. The predicted octanol–water partition coefficient (Wildman–Crippen LogP) is 4.38. The highest BCUT2D eigenvalue weighted by Gasteiger charge is 2.16. The Morgan fingerprint density at radius 1 is 1.11 bits per heavy atom. The summed E-state index contributed by atoms with van der Waals surface area (Å²) in [6.45, 7) is 10.9. The second-order valence-electron chi connectivity index (χ2n) is 4.84. The number of Topliss-reactive ketones (excluding diaryl/α,β-unsaturated/α-hetero) is 1. The van der Waals surface area contributed by atoms with Crippen molar-refractivity contribution >= 4 is 5.78 Å². The van der Waals surface area contributed by atoms with Gasteiger partial charge in [-0.2, -0.15) is 0 Å². The molecule has 0 atom stereocenters. The SMILES string of the molecule is CCCOc1cc(C)c(C(=O)CCC)c(C)c1C. The number of ether oxygens (including phenoxy) is 1. The molecule has 0 unspecified atom stereocenters. The topological polar surface area (TPSA) is 26.3 Å². The molecular weight excluding hydrogens is 224 g/mol. The van der Waals surface area contributed by atoms with Crippen LogP contribution in [0, 0.1) is 20.8 Å². The zero-order valence-corrected chi connectivity index (χ0v) is 12.2. The first-order valence-electron chi connectivity index (χ1n) is 6.79. The molecule has 0 aliphatic heterocycles. The molecule has 0 bridgehead atoms. The first kappa shape index (κ1) is 14.7. The van der Waals surface area contributed by atoms with Crippen molar-refractivity contribution in [3.63, 3.8) is 0 Å². The Morgan fingerprint density at radius 2 is 1.78 bits per heavy atom. The molecule has 0 aromatic heterocycles. The van der Waals surface area contributed by atoms with Crippen molar-refractivity contribution in [3.8, 4) is 5.75 Å². The highest BCUT2D eigenvalue weighted by molar-refractivity contribution is 5.99. The van der Waals surface area contributed by atoms with Gasteiger partial charge in [0.25, 0.3) is 0 Å². The van der Waals surface area contributed by atoms with Crippen molar-refractivity contribution in [1.82, 2.24) is 0 Å². The number of hydrogen-bond donors (Lipinski definition) is 0. The molecule has 0 saturated carbocycles. The van der Waals surface area contributed by atoms with E-state index in [-0.39, 0.29) is 5.78 Å². The number of carbonyl (C=O) groups is 1. The van der Waals surface area contributed by atoms with E-state index in [0.717, 1.165) is 47.5 Å². The van der Waals surface area contributed by atoms with Crippen molar-refractivity contribution in [3.05, 3.63) is 28.3 Å². The fraction of sp³-hybridized carbons (Fsp3) is 0.562. The minimum absolute atomic E-state index is 0.248. The Kier molecular flexibility index (Phi) is 5.39. The summed E-state index contributed by atoms with van der Waals surface area (Å²) in [4.78, 5) is 12.1. The van der Waals surface area contributed by atoms with Gasteiger partial charge >= 0.3 is 0 Å². The van der Waals surface area contributed by atoms with E-state index < -0.39 is 0 Å². The lowest BCUT2D eigenvalue weighted by molar-refractivity contribution is 0.0980. The van der Waals surface area contributed by atoms with Crippen LogP contribution in [0.3, 0.4) is 0 Å². The second kappa shape index (κ2) is 6.58. The molecule has 1 aromatic carbocycles. The summed E-state index contributed by atoms with van der Waals surface area (Å²) in [5, 5.41) is 0. The maximum atomic E-state index is 12.1. The van der Waals surface area contributed by atoms with E-state index in [1.54, 1.807) is 0 Å². The maximum absolute atomic E-state index is 12.1. The lowest BCUT2D eigenvalue weighted by Crippen LogP contribution is -2.08. The summed E-state index contributed by atoms with van der Waals surface area (Å²) >= 11 is 0. The smallest absolute Gasteiger partial charge is 0.163 e. The summed E-state index contributed by atoms with van der Waals surface area (Å²) in [5.41, 5.74) is 4.08. The largest absolute Gasteiger partial charge is 0.493 e. The summed E-state index contributed by atoms with van der Waals surface area (Å²) in [7, 11) is 0. The average molecular weight is 248 g/mol. The van der Waals surface area contributed by atoms with Gasteiger partial charge in [-0.3, -0.25) is 4.79 Å². The fourth-order valence-corrected chi connectivity index (χ4v) is 2.19. The monoisotopic (exact) mass is 248 g/mol. The summed E-state index contributed by atoms with van der Waals surface area (Å²) in [6, 6.07) is 2.00. The van der Waals surface area contributed by atoms with Gasteiger partial charge in [0, 0.05) is 12.0 Å². The van der Waals surface area contributed by atoms with Crippen LogP contribution in [-0.4, -0.2) is 12.4 Å². The van der Waals surface area contributed by atoms with Crippen LogP contribution in [0.2, 0.25) is 0 Å². The van der Waals surface area contributed by atoms with Gasteiger partial charge in [-0.05, 0) is 56.4 Å². The minimum atomic E-state index is 0.248. The highest BCUT2D eigenvalue weighted by Crippen LogP contribution is 2.28. The number of hydrogen-bond acceptors (Lipinski definition) is 2. The number of rotatable bonds is 6. The van der Waals surface area contributed by atoms with Gasteiger partial charge < -0.3 is 4.74 Å². The maximum Gasteiger partial charge on any atom is 0.163 e. The van der Waals surface area contributed by atoms with Gasteiger partial charge in [0.15, 0.2) is 5.78 Å². The molecule has 0 spiro atoms. The normalized spacial score (nSPS) is 10.5. The molecule has 0 heterocycles. The number of benzene rings is 1. The van der Waals surface area contributed by atoms with E-state index in [9.17, 15) is 4.79 Å². The van der Waals surface area contributed by atoms with Gasteiger partial charge in [-0.1, -0.05) is 13.8 Å². The molecular formula is C16H24O2. The van der Waals surface area contributed by atoms with Gasteiger partial charge in [0.1, 0.15) is 5.75 Å². The number of aryl methyl sites for hydroxylation is 1. The molecule has 0 aliphatic rings. The third-order valence-electron chi connectivity index (χ3n) is 3.27. The van der Waals surface area contributed by atoms with Crippen molar-refractivity contribution in [2.24, 2.45) is 0 Å². The molecule has 1 aromatic rings. The van der Waals surface area contributed by atoms with E-state index in [2.05, 4.69) is 6.92 Å². The standard InChI is InChI=1S/C16H24O2/c1-6-8-14(17)16-11(3)10-15(18-9-7-2)12(4)13(16)5/h10H,6-9H2,1-5H3. The second-order valence-corrected chi connectivity index (χ2v) is 4.84. The predicted molar refractivity (Wildman–Crippen MR) is 75.7 cm³/mol. The highest BCUT2D eigenvalue weighted by atomic mass is 16.5. The number of carbonyl (C=O) groups excluding carboxylic acids is 1. The summed E-state index contributed by atoms with van der Waals surface area (Å²) in [5.74, 6) is 1.16. The Morgan fingerprint density at radius 3 is 2.33 bits per heavy atom. The van der Waals surface area contributed by atoms with Crippen LogP contribution in [-0.2, 0) is 0 Å².